The molecule has 0 saturated heterocycles. The first kappa shape index (κ1) is 18.7. The van der Waals surface area contributed by atoms with Crippen LogP contribution in [0.25, 0.3) is 0 Å². The van der Waals surface area contributed by atoms with Crippen molar-refractivity contribution in [3.63, 3.8) is 0 Å². The maximum absolute atomic E-state index is 12.0. The number of carbonyl (C=O) groups excluding carboxylic acids is 1. The summed E-state index contributed by atoms with van der Waals surface area (Å²) in [4.78, 5) is 34.8. The predicted octanol–water partition coefficient (Wildman–Crippen LogP) is 0.886. The smallest absolute Gasteiger partial charge is 0.326 e. The van der Waals surface area contributed by atoms with Crippen molar-refractivity contribution in [1.29, 1.82) is 5.26 Å². The van der Waals surface area contributed by atoms with Crippen LogP contribution >= 0.6 is 0 Å². The van der Waals surface area contributed by atoms with E-state index >= 15 is 0 Å². The molecule has 0 bridgehead atoms. The summed E-state index contributed by atoms with van der Waals surface area (Å²) >= 11 is 0. The quantitative estimate of drug-likeness (QED) is 0.579. The van der Waals surface area contributed by atoms with Crippen LogP contribution in [0.5, 0.6) is 0 Å². The highest BCUT2D eigenvalue weighted by Crippen LogP contribution is 2.04. The molecule has 8 nitrogen and oxygen atoms in total. The molecule has 1 unspecified atom stereocenters. The van der Waals surface area contributed by atoms with Crippen LogP contribution < -0.4 is 5.32 Å². The highest BCUT2D eigenvalue weighted by molar-refractivity contribution is 5.82. The van der Waals surface area contributed by atoms with E-state index in [9.17, 15) is 14.4 Å². The molecule has 0 aromatic carbocycles. The first-order valence-electron chi connectivity index (χ1n) is 6.71. The van der Waals surface area contributed by atoms with Gasteiger partial charge in [-0.05, 0) is 26.7 Å². The lowest BCUT2D eigenvalue weighted by molar-refractivity contribution is -0.140. The highest BCUT2D eigenvalue weighted by Gasteiger charge is 2.23. The van der Waals surface area contributed by atoms with Gasteiger partial charge in [-0.25, -0.2) is 9.59 Å². The topological polar surface area (TPSA) is 131 Å². The number of rotatable bonds is 9. The van der Waals surface area contributed by atoms with Gasteiger partial charge in [-0.2, -0.15) is 5.26 Å². The molecule has 0 radical (unpaired) electrons. The lowest BCUT2D eigenvalue weighted by Gasteiger charge is -2.24. The molecular weight excluding hydrogens is 278 g/mol. The van der Waals surface area contributed by atoms with Gasteiger partial charge in [-0.3, -0.25) is 4.79 Å². The Hall–Kier alpha value is -2.30. The fourth-order valence-electron chi connectivity index (χ4n) is 1.68. The summed E-state index contributed by atoms with van der Waals surface area (Å²) in [6, 6.07) is 0.301. The van der Waals surface area contributed by atoms with Crippen LogP contribution in [0.4, 0.5) is 4.79 Å². The number of nitrogens with zero attached hydrogens (tertiary/aromatic N) is 2. The highest BCUT2D eigenvalue weighted by atomic mass is 16.4. The Bertz CT molecular complexity index is 419. The van der Waals surface area contributed by atoms with Crippen molar-refractivity contribution in [3.8, 4) is 6.07 Å². The average molecular weight is 299 g/mol. The summed E-state index contributed by atoms with van der Waals surface area (Å²) in [5.74, 6) is -2.58. The molecule has 0 spiro atoms. The maximum Gasteiger partial charge on any atom is 0.326 e. The third kappa shape index (κ3) is 7.77. The molecule has 0 aliphatic heterocycles. The van der Waals surface area contributed by atoms with Gasteiger partial charge < -0.3 is 20.4 Å². The Kier molecular flexibility index (Phi) is 8.53. The Labute approximate surface area is 123 Å². The van der Waals surface area contributed by atoms with E-state index in [1.807, 2.05) is 6.07 Å². The first-order chi connectivity index (χ1) is 9.81. The maximum atomic E-state index is 12.0. The van der Waals surface area contributed by atoms with E-state index < -0.39 is 24.0 Å². The number of carbonyl (C=O) groups is 3. The number of carboxylic acid groups (broad SMARTS) is 2. The van der Waals surface area contributed by atoms with Gasteiger partial charge in [0.25, 0.3) is 0 Å². The van der Waals surface area contributed by atoms with Crippen molar-refractivity contribution in [2.24, 2.45) is 5.92 Å². The second-order valence-electron chi connectivity index (χ2n) is 4.70. The zero-order chi connectivity index (χ0) is 16.4. The predicted molar refractivity (Wildman–Crippen MR) is 73.5 cm³/mol. The van der Waals surface area contributed by atoms with Crippen LogP contribution in [-0.2, 0) is 9.59 Å². The molecule has 0 aromatic rings. The monoisotopic (exact) mass is 299 g/mol. The van der Waals surface area contributed by atoms with Crippen molar-refractivity contribution in [3.05, 3.63) is 0 Å². The van der Waals surface area contributed by atoms with E-state index in [2.05, 4.69) is 5.32 Å². The fraction of sp³-hybridized carbons (Fsp3) is 0.692. The average Bonchev–Trinajstić information content (AvgIpc) is 2.42. The number of amides is 2. The molecule has 0 saturated carbocycles. The van der Waals surface area contributed by atoms with Gasteiger partial charge in [0.15, 0.2) is 0 Å². The molecule has 0 aliphatic carbocycles. The molecule has 2 atom stereocenters. The largest absolute Gasteiger partial charge is 0.481 e. The third-order valence-electron chi connectivity index (χ3n) is 2.86. The summed E-state index contributed by atoms with van der Waals surface area (Å²) in [6.07, 6.45) is 0.0502. The first-order valence-corrected chi connectivity index (χ1v) is 6.71. The van der Waals surface area contributed by atoms with E-state index in [4.69, 9.17) is 15.5 Å². The Morgan fingerprint density at radius 3 is 2.38 bits per heavy atom. The van der Waals surface area contributed by atoms with E-state index in [0.29, 0.717) is 6.54 Å². The van der Waals surface area contributed by atoms with Gasteiger partial charge in [0, 0.05) is 19.5 Å². The zero-order valence-electron chi connectivity index (χ0n) is 12.2. The van der Waals surface area contributed by atoms with Crippen LogP contribution in [0.3, 0.4) is 0 Å². The normalized spacial score (nSPS) is 12.8. The van der Waals surface area contributed by atoms with Gasteiger partial charge in [-0.1, -0.05) is 0 Å². The van der Waals surface area contributed by atoms with Crippen LogP contribution in [0.2, 0.25) is 0 Å². The van der Waals surface area contributed by atoms with E-state index in [1.165, 1.54) is 4.90 Å². The third-order valence-corrected chi connectivity index (χ3v) is 2.86. The fourth-order valence-corrected chi connectivity index (χ4v) is 1.68. The van der Waals surface area contributed by atoms with E-state index in [1.54, 1.807) is 13.8 Å². The molecular formula is C13H21N3O5. The summed E-state index contributed by atoms with van der Waals surface area (Å²) in [7, 11) is 0. The van der Waals surface area contributed by atoms with Crippen LogP contribution in [0.1, 0.15) is 33.1 Å². The van der Waals surface area contributed by atoms with Crippen LogP contribution in [0.15, 0.2) is 0 Å². The number of hydrogen-bond donors (Lipinski definition) is 3. The Morgan fingerprint density at radius 1 is 1.33 bits per heavy atom. The minimum atomic E-state index is -1.21. The Balaban J connectivity index is 4.54. The molecule has 118 valence electrons. The molecule has 3 N–H and O–H groups in total. The van der Waals surface area contributed by atoms with Crippen LogP contribution in [0, 0.1) is 17.2 Å². The summed E-state index contributed by atoms with van der Waals surface area (Å²) in [6.45, 7) is 3.95. The standard InChI is InChI=1S/C13H21N3O5/c1-3-16(8-9(2)7-14)13(21)15-10(12(19)20)5-4-6-11(17)18/h9-10H,3-6,8H2,1-2H3,(H,15,21)(H,17,18)(H,19,20)/t9?,10-/m1/s1. The second-order valence-corrected chi connectivity index (χ2v) is 4.70. The molecule has 0 fully saturated rings. The van der Waals surface area contributed by atoms with Crippen molar-refractivity contribution < 1.29 is 24.6 Å². The Morgan fingerprint density at radius 2 is 1.95 bits per heavy atom. The van der Waals surface area contributed by atoms with Gasteiger partial charge in [0.1, 0.15) is 6.04 Å². The summed E-state index contributed by atoms with van der Waals surface area (Å²) in [5.41, 5.74) is 0. The second kappa shape index (κ2) is 9.58. The van der Waals surface area contributed by atoms with E-state index in [0.717, 1.165) is 0 Å². The molecule has 2 amide bonds. The molecule has 0 rings (SSSR count). The van der Waals surface area contributed by atoms with Gasteiger partial charge in [0.05, 0.1) is 12.0 Å². The lowest BCUT2D eigenvalue weighted by atomic mass is 10.1. The zero-order valence-corrected chi connectivity index (χ0v) is 12.2. The molecule has 8 heteroatoms. The molecule has 0 heterocycles. The molecule has 0 aromatic heterocycles. The van der Waals surface area contributed by atoms with E-state index in [-0.39, 0.29) is 31.7 Å². The van der Waals surface area contributed by atoms with Gasteiger partial charge in [0.2, 0.25) is 0 Å². The lowest BCUT2D eigenvalue weighted by Crippen LogP contribution is -2.48. The number of nitriles is 1. The van der Waals surface area contributed by atoms with Gasteiger partial charge >= 0.3 is 18.0 Å². The molecule has 0 aliphatic rings. The number of hydrogen-bond acceptors (Lipinski definition) is 4. The molecule has 21 heavy (non-hydrogen) atoms. The van der Waals surface area contributed by atoms with Crippen molar-refractivity contribution in [1.82, 2.24) is 10.2 Å². The SMILES string of the molecule is CCN(CC(C)C#N)C(=O)N[C@H](CCCC(=O)O)C(=O)O. The minimum Gasteiger partial charge on any atom is -0.481 e. The van der Waals surface area contributed by atoms with Gasteiger partial charge in [-0.15, -0.1) is 0 Å². The summed E-state index contributed by atoms with van der Waals surface area (Å²) in [5, 5.41) is 28.7. The number of carboxylic acids is 2. The van der Waals surface area contributed by atoms with Crippen LogP contribution in [-0.4, -0.2) is 52.2 Å². The minimum absolute atomic E-state index is 0.0404. The van der Waals surface area contributed by atoms with Crippen molar-refractivity contribution in [2.45, 2.75) is 39.2 Å². The number of nitrogens with one attached hydrogen (secondary N) is 1. The van der Waals surface area contributed by atoms with Crippen molar-refractivity contribution in [2.75, 3.05) is 13.1 Å². The van der Waals surface area contributed by atoms with Crippen molar-refractivity contribution >= 4 is 18.0 Å². The number of aliphatic carboxylic acids is 2. The number of urea groups is 1. The summed E-state index contributed by atoms with van der Waals surface area (Å²) < 4.78 is 0.